The summed E-state index contributed by atoms with van der Waals surface area (Å²) in [6.45, 7) is 9.86. The summed E-state index contributed by atoms with van der Waals surface area (Å²) in [5, 5.41) is 0. The van der Waals surface area contributed by atoms with Gasteiger partial charge in [0.05, 0.1) is 0 Å². The quantitative estimate of drug-likeness (QED) is 0.586. The summed E-state index contributed by atoms with van der Waals surface area (Å²) in [7, 11) is 0. The Kier molecular flexibility index (Phi) is 4.32. The summed E-state index contributed by atoms with van der Waals surface area (Å²) >= 11 is 0. The molecule has 0 amide bonds. The first-order valence-corrected chi connectivity index (χ1v) is 6.93. The highest BCUT2D eigenvalue weighted by Crippen LogP contribution is 2.25. The van der Waals surface area contributed by atoms with E-state index in [0.717, 1.165) is 22.3 Å². The van der Waals surface area contributed by atoms with Gasteiger partial charge in [-0.05, 0) is 74.6 Å². The maximum atomic E-state index is 11.9. The summed E-state index contributed by atoms with van der Waals surface area (Å²) in [6.07, 6.45) is -0.713. The molecular weight excluding hydrogens is 264 g/mol. The molecule has 0 aliphatic carbocycles. The van der Waals surface area contributed by atoms with Crippen LogP contribution in [0, 0.1) is 34.6 Å². The van der Waals surface area contributed by atoms with Gasteiger partial charge < -0.3 is 9.47 Å². The lowest BCUT2D eigenvalue weighted by Crippen LogP contribution is -2.15. The predicted molar refractivity (Wildman–Crippen MR) is 83.2 cm³/mol. The first-order valence-electron chi connectivity index (χ1n) is 6.93. The van der Waals surface area contributed by atoms with Crippen molar-refractivity contribution in [3.8, 4) is 11.5 Å². The molecule has 0 saturated carbocycles. The van der Waals surface area contributed by atoms with Gasteiger partial charge in [-0.15, -0.1) is 0 Å². The highest BCUT2D eigenvalue weighted by atomic mass is 16.7. The second-order valence-corrected chi connectivity index (χ2v) is 5.28. The van der Waals surface area contributed by atoms with E-state index < -0.39 is 6.16 Å². The third-order valence-corrected chi connectivity index (χ3v) is 3.95. The Balaban J connectivity index is 2.16. The highest BCUT2D eigenvalue weighted by molar-refractivity contribution is 5.68. The van der Waals surface area contributed by atoms with Crippen molar-refractivity contribution in [1.82, 2.24) is 0 Å². The molecule has 0 radical (unpaired) electrons. The minimum atomic E-state index is -0.713. The Morgan fingerprint density at radius 2 is 1.29 bits per heavy atom. The first kappa shape index (κ1) is 15.1. The van der Waals surface area contributed by atoms with Gasteiger partial charge in [0.2, 0.25) is 0 Å². The second kappa shape index (κ2) is 6.00. The average Bonchev–Trinajstić information content (AvgIpc) is 2.45. The fourth-order valence-electron chi connectivity index (χ4n) is 2.08. The van der Waals surface area contributed by atoms with Gasteiger partial charge in [0.15, 0.2) is 0 Å². The van der Waals surface area contributed by atoms with E-state index >= 15 is 0 Å². The van der Waals surface area contributed by atoms with E-state index in [0.29, 0.717) is 11.5 Å². The number of benzene rings is 2. The predicted octanol–water partition coefficient (Wildman–Crippen LogP) is 4.81. The van der Waals surface area contributed by atoms with Crippen LogP contribution in [0.15, 0.2) is 30.3 Å². The van der Waals surface area contributed by atoms with Gasteiger partial charge >= 0.3 is 6.16 Å². The zero-order valence-electron chi connectivity index (χ0n) is 13.1. The van der Waals surface area contributed by atoms with Gasteiger partial charge in [0.25, 0.3) is 0 Å². The first-order chi connectivity index (χ1) is 9.90. The van der Waals surface area contributed by atoms with Crippen LogP contribution < -0.4 is 9.47 Å². The van der Waals surface area contributed by atoms with E-state index in [4.69, 9.17) is 9.47 Å². The number of aryl methyl sites for hydroxylation is 2. The fraction of sp³-hybridized carbons (Fsp3) is 0.278. The molecule has 2 aromatic carbocycles. The van der Waals surface area contributed by atoms with E-state index in [-0.39, 0.29) is 0 Å². The molecule has 110 valence electrons. The van der Waals surface area contributed by atoms with Gasteiger partial charge in [-0.3, -0.25) is 0 Å². The molecule has 0 aliphatic rings. The number of carbonyl (C=O) groups excluding carboxylic acids is 1. The van der Waals surface area contributed by atoms with Crippen molar-refractivity contribution in [2.45, 2.75) is 34.6 Å². The maximum Gasteiger partial charge on any atom is 0.519 e. The molecule has 0 atom stereocenters. The Hall–Kier alpha value is -2.29. The number of rotatable bonds is 2. The largest absolute Gasteiger partial charge is 0.519 e. The van der Waals surface area contributed by atoms with E-state index in [1.807, 2.05) is 52.8 Å². The summed E-state index contributed by atoms with van der Waals surface area (Å²) in [5.41, 5.74) is 5.25. The van der Waals surface area contributed by atoms with Crippen molar-refractivity contribution in [3.63, 3.8) is 0 Å². The Morgan fingerprint density at radius 3 is 1.95 bits per heavy atom. The molecular formula is C18H20O3. The molecule has 0 spiro atoms. The van der Waals surface area contributed by atoms with Crippen molar-refractivity contribution >= 4 is 6.16 Å². The van der Waals surface area contributed by atoms with Crippen LogP contribution in [0.2, 0.25) is 0 Å². The summed E-state index contributed by atoms with van der Waals surface area (Å²) in [5.74, 6) is 1.06. The lowest BCUT2D eigenvalue weighted by molar-refractivity contribution is 0.151. The van der Waals surface area contributed by atoms with Crippen molar-refractivity contribution in [2.24, 2.45) is 0 Å². The van der Waals surface area contributed by atoms with Crippen molar-refractivity contribution in [3.05, 3.63) is 58.1 Å². The van der Waals surface area contributed by atoms with Crippen LogP contribution in [0.5, 0.6) is 11.5 Å². The van der Waals surface area contributed by atoms with Gasteiger partial charge in [-0.25, -0.2) is 4.79 Å². The molecule has 0 heterocycles. The molecule has 0 N–H and O–H groups in total. The lowest BCUT2D eigenvalue weighted by Gasteiger charge is -2.12. The molecule has 0 aliphatic heterocycles. The zero-order valence-corrected chi connectivity index (χ0v) is 13.1. The van der Waals surface area contributed by atoms with E-state index in [1.54, 1.807) is 12.1 Å². The van der Waals surface area contributed by atoms with Crippen LogP contribution in [0.4, 0.5) is 4.79 Å². The Labute approximate surface area is 125 Å². The van der Waals surface area contributed by atoms with Crippen LogP contribution in [0.25, 0.3) is 0 Å². The molecule has 2 aromatic rings. The highest BCUT2D eigenvalue weighted by Gasteiger charge is 2.13. The molecule has 0 saturated heterocycles. The fourth-order valence-corrected chi connectivity index (χ4v) is 2.08. The standard InChI is InChI=1S/C18H20O3/c1-11-7-6-8-16(14(11)4)20-18(19)21-17-10-9-12(2)13(3)15(17)5/h6-10H,1-5H3. The molecule has 0 bridgehead atoms. The monoisotopic (exact) mass is 284 g/mol. The van der Waals surface area contributed by atoms with Crippen molar-refractivity contribution < 1.29 is 14.3 Å². The average molecular weight is 284 g/mol. The molecule has 3 heteroatoms. The number of ether oxygens (including phenoxy) is 2. The molecule has 2 rings (SSSR count). The summed E-state index contributed by atoms with van der Waals surface area (Å²) < 4.78 is 10.6. The third kappa shape index (κ3) is 3.24. The van der Waals surface area contributed by atoms with Crippen LogP contribution in [0.1, 0.15) is 27.8 Å². The van der Waals surface area contributed by atoms with Gasteiger partial charge in [-0.1, -0.05) is 18.2 Å². The van der Waals surface area contributed by atoms with E-state index in [9.17, 15) is 4.79 Å². The number of carbonyl (C=O) groups is 1. The summed E-state index contributed by atoms with van der Waals surface area (Å²) in [4.78, 5) is 11.9. The molecule has 0 fully saturated rings. The van der Waals surface area contributed by atoms with Gasteiger partial charge in [0, 0.05) is 0 Å². The van der Waals surface area contributed by atoms with Crippen molar-refractivity contribution in [1.29, 1.82) is 0 Å². The van der Waals surface area contributed by atoms with Crippen LogP contribution >= 0.6 is 0 Å². The summed E-state index contributed by atoms with van der Waals surface area (Å²) in [6, 6.07) is 9.31. The lowest BCUT2D eigenvalue weighted by atomic mass is 10.0. The number of hydrogen-bond donors (Lipinski definition) is 0. The van der Waals surface area contributed by atoms with Crippen molar-refractivity contribution in [2.75, 3.05) is 0 Å². The molecule has 21 heavy (non-hydrogen) atoms. The SMILES string of the molecule is Cc1cccc(OC(=O)Oc2ccc(C)c(C)c2C)c1C. The van der Waals surface area contributed by atoms with E-state index in [1.165, 1.54) is 5.56 Å². The third-order valence-electron chi connectivity index (χ3n) is 3.95. The molecule has 0 aromatic heterocycles. The van der Waals surface area contributed by atoms with Gasteiger partial charge in [0.1, 0.15) is 11.5 Å². The Morgan fingerprint density at radius 1 is 0.714 bits per heavy atom. The topological polar surface area (TPSA) is 35.5 Å². The molecule has 0 unspecified atom stereocenters. The smallest absolute Gasteiger partial charge is 0.394 e. The van der Waals surface area contributed by atoms with Crippen LogP contribution in [-0.4, -0.2) is 6.16 Å². The zero-order chi connectivity index (χ0) is 15.6. The van der Waals surface area contributed by atoms with Crippen LogP contribution in [-0.2, 0) is 0 Å². The van der Waals surface area contributed by atoms with Crippen LogP contribution in [0.3, 0.4) is 0 Å². The van der Waals surface area contributed by atoms with E-state index in [2.05, 4.69) is 0 Å². The normalized spacial score (nSPS) is 10.3. The van der Waals surface area contributed by atoms with Gasteiger partial charge in [-0.2, -0.15) is 0 Å². The minimum absolute atomic E-state index is 0.529. The second-order valence-electron chi connectivity index (χ2n) is 5.28. The molecule has 3 nitrogen and oxygen atoms in total. The maximum absolute atomic E-state index is 11.9. The number of hydrogen-bond acceptors (Lipinski definition) is 3. The minimum Gasteiger partial charge on any atom is -0.394 e. The Bertz CT molecular complexity index is 687.